The number of carbonyl (C=O) groups excluding carboxylic acids is 1. The van der Waals surface area contributed by atoms with Crippen LogP contribution >= 0.6 is 0 Å². The third-order valence-electron chi connectivity index (χ3n) is 4.21. The van der Waals surface area contributed by atoms with Gasteiger partial charge in [0.1, 0.15) is 0 Å². The number of hydrogen-bond acceptors (Lipinski definition) is 4. The number of methoxy groups -OCH3 is 2. The first-order chi connectivity index (χ1) is 12.1. The molecule has 2 rings (SSSR count). The number of fused-ring (bicyclic) bond motifs is 1. The molecule has 2 N–H and O–H groups in total. The van der Waals surface area contributed by atoms with Gasteiger partial charge < -0.3 is 25.0 Å². The van der Waals surface area contributed by atoms with E-state index in [9.17, 15) is 4.79 Å². The highest BCUT2D eigenvalue weighted by Crippen LogP contribution is 2.33. The molecule has 0 bridgehead atoms. The molecule has 0 aromatic heterocycles. The number of benzene rings is 1. The minimum atomic E-state index is -0.0215. The maximum atomic E-state index is 11.8. The molecule has 138 valence electrons. The first-order valence-electron chi connectivity index (χ1n) is 8.59. The second-order valence-corrected chi connectivity index (χ2v) is 5.90. The van der Waals surface area contributed by atoms with Crippen LogP contribution in [0.4, 0.5) is 0 Å². The maximum Gasteiger partial charge on any atom is 0.239 e. The Labute approximate surface area is 149 Å². The predicted molar refractivity (Wildman–Crippen MR) is 98.3 cm³/mol. The fraction of sp³-hybridized carbons (Fsp3) is 0.556. The standard InChI is InChI=1S/C18H28N4O3/c1-5-7-20-17(23)11-21-18(19-2)22-8-6-13-9-15(24-3)16(25-4)10-14(13)12-22/h9-10H,5-8,11-12H2,1-4H3,(H,19,21)(H,20,23). The van der Waals surface area contributed by atoms with Crippen LogP contribution in [0.5, 0.6) is 11.5 Å². The molecule has 1 aromatic carbocycles. The summed E-state index contributed by atoms with van der Waals surface area (Å²) in [5, 5.41) is 5.99. The lowest BCUT2D eigenvalue weighted by Crippen LogP contribution is -2.47. The average molecular weight is 348 g/mol. The molecule has 1 amide bonds. The lowest BCUT2D eigenvalue weighted by Gasteiger charge is -2.32. The van der Waals surface area contributed by atoms with Crippen LogP contribution in [-0.4, -0.2) is 57.7 Å². The van der Waals surface area contributed by atoms with Gasteiger partial charge in [0.15, 0.2) is 17.5 Å². The normalized spacial score (nSPS) is 13.9. The van der Waals surface area contributed by atoms with Crippen molar-refractivity contribution in [3.05, 3.63) is 23.3 Å². The Morgan fingerprint density at radius 2 is 1.88 bits per heavy atom. The molecular weight excluding hydrogens is 320 g/mol. The molecular formula is C18H28N4O3. The zero-order valence-electron chi connectivity index (χ0n) is 15.5. The summed E-state index contributed by atoms with van der Waals surface area (Å²) in [5.74, 6) is 2.19. The largest absolute Gasteiger partial charge is 0.493 e. The van der Waals surface area contributed by atoms with Gasteiger partial charge in [-0.05, 0) is 36.1 Å². The SMILES string of the molecule is CCCNC(=O)CNC(=NC)N1CCc2cc(OC)c(OC)cc2C1. The Balaban J connectivity index is 2.03. The Hall–Kier alpha value is -2.44. The molecule has 0 aliphatic carbocycles. The summed E-state index contributed by atoms with van der Waals surface area (Å²) in [6, 6.07) is 4.06. The van der Waals surface area contributed by atoms with Gasteiger partial charge in [-0.15, -0.1) is 0 Å². The van der Waals surface area contributed by atoms with Crippen LogP contribution < -0.4 is 20.1 Å². The lowest BCUT2D eigenvalue weighted by atomic mass is 9.99. The molecule has 7 nitrogen and oxygen atoms in total. The lowest BCUT2D eigenvalue weighted by molar-refractivity contribution is -0.120. The van der Waals surface area contributed by atoms with E-state index in [-0.39, 0.29) is 12.5 Å². The van der Waals surface area contributed by atoms with Gasteiger partial charge in [0.25, 0.3) is 0 Å². The Morgan fingerprint density at radius 3 is 2.48 bits per heavy atom. The van der Waals surface area contributed by atoms with Gasteiger partial charge in [0.05, 0.1) is 20.8 Å². The topological polar surface area (TPSA) is 75.2 Å². The number of hydrogen-bond donors (Lipinski definition) is 2. The summed E-state index contributed by atoms with van der Waals surface area (Å²) in [7, 11) is 5.02. The number of amides is 1. The van der Waals surface area contributed by atoms with E-state index in [1.807, 2.05) is 19.1 Å². The quantitative estimate of drug-likeness (QED) is 0.596. The van der Waals surface area contributed by atoms with Gasteiger partial charge in [-0.1, -0.05) is 6.92 Å². The summed E-state index contributed by atoms with van der Waals surface area (Å²) in [6.07, 6.45) is 1.81. The number of rotatable bonds is 6. The van der Waals surface area contributed by atoms with Crippen LogP contribution in [0.25, 0.3) is 0 Å². The first kappa shape index (κ1) is 18.9. The van der Waals surface area contributed by atoms with E-state index in [2.05, 4.69) is 20.5 Å². The molecule has 0 unspecified atom stereocenters. The second kappa shape index (κ2) is 9.15. The van der Waals surface area contributed by atoms with Crippen molar-refractivity contribution in [3.63, 3.8) is 0 Å². The van der Waals surface area contributed by atoms with Gasteiger partial charge in [-0.25, -0.2) is 0 Å². The number of carbonyl (C=O) groups is 1. The fourth-order valence-corrected chi connectivity index (χ4v) is 2.88. The zero-order chi connectivity index (χ0) is 18.2. The van der Waals surface area contributed by atoms with Crippen LogP contribution in [-0.2, 0) is 17.8 Å². The highest BCUT2D eigenvalue weighted by atomic mass is 16.5. The molecule has 1 aliphatic heterocycles. The minimum Gasteiger partial charge on any atom is -0.493 e. The number of guanidine groups is 1. The molecule has 0 atom stereocenters. The van der Waals surface area contributed by atoms with Gasteiger partial charge in [-0.2, -0.15) is 0 Å². The molecule has 1 aromatic rings. The van der Waals surface area contributed by atoms with Crippen molar-refractivity contribution in [2.45, 2.75) is 26.3 Å². The van der Waals surface area contributed by atoms with Gasteiger partial charge >= 0.3 is 0 Å². The predicted octanol–water partition coefficient (Wildman–Crippen LogP) is 1.16. The minimum absolute atomic E-state index is 0.0215. The monoisotopic (exact) mass is 348 g/mol. The van der Waals surface area contributed by atoms with Gasteiger partial charge in [-0.3, -0.25) is 9.79 Å². The summed E-state index contributed by atoms with van der Waals surface area (Å²) in [4.78, 5) is 18.2. The van der Waals surface area contributed by atoms with Crippen LogP contribution in [0.2, 0.25) is 0 Å². The molecule has 0 saturated carbocycles. The molecule has 0 spiro atoms. The van der Waals surface area contributed by atoms with Crippen LogP contribution in [0.3, 0.4) is 0 Å². The summed E-state index contributed by atoms with van der Waals surface area (Å²) >= 11 is 0. The molecule has 0 saturated heterocycles. The highest BCUT2D eigenvalue weighted by Gasteiger charge is 2.21. The summed E-state index contributed by atoms with van der Waals surface area (Å²) < 4.78 is 10.8. The van der Waals surface area contributed by atoms with Crippen molar-refractivity contribution < 1.29 is 14.3 Å². The molecule has 25 heavy (non-hydrogen) atoms. The van der Waals surface area contributed by atoms with Crippen LogP contribution in [0.15, 0.2) is 17.1 Å². The van der Waals surface area contributed by atoms with Crippen molar-refractivity contribution in [2.75, 3.05) is 40.9 Å². The fourth-order valence-electron chi connectivity index (χ4n) is 2.88. The number of nitrogens with one attached hydrogen (secondary N) is 2. The van der Waals surface area contributed by atoms with E-state index in [0.29, 0.717) is 13.1 Å². The Morgan fingerprint density at radius 1 is 1.20 bits per heavy atom. The molecule has 7 heteroatoms. The van der Waals surface area contributed by atoms with Crippen molar-refractivity contribution in [1.29, 1.82) is 0 Å². The molecule has 1 heterocycles. The van der Waals surface area contributed by atoms with Crippen LogP contribution in [0, 0.1) is 0 Å². The summed E-state index contributed by atoms with van der Waals surface area (Å²) in [5.41, 5.74) is 2.44. The van der Waals surface area contributed by atoms with E-state index < -0.39 is 0 Å². The Bertz CT molecular complexity index is 631. The van der Waals surface area contributed by atoms with E-state index in [0.717, 1.165) is 36.8 Å². The number of aliphatic imine (C=N–C) groups is 1. The molecule has 0 fully saturated rings. The van der Waals surface area contributed by atoms with Crippen LogP contribution in [0.1, 0.15) is 24.5 Å². The zero-order valence-corrected chi connectivity index (χ0v) is 15.5. The summed E-state index contributed by atoms with van der Waals surface area (Å²) in [6.45, 7) is 4.49. The van der Waals surface area contributed by atoms with Gasteiger partial charge in [0, 0.05) is 26.7 Å². The highest BCUT2D eigenvalue weighted by molar-refractivity contribution is 5.86. The van der Waals surface area contributed by atoms with E-state index in [1.54, 1.807) is 21.3 Å². The third kappa shape index (κ3) is 4.78. The molecule has 1 aliphatic rings. The third-order valence-corrected chi connectivity index (χ3v) is 4.21. The molecule has 0 radical (unpaired) electrons. The van der Waals surface area contributed by atoms with Crippen molar-refractivity contribution in [1.82, 2.24) is 15.5 Å². The number of ether oxygens (including phenoxy) is 2. The first-order valence-corrected chi connectivity index (χ1v) is 8.59. The van der Waals surface area contributed by atoms with E-state index >= 15 is 0 Å². The smallest absolute Gasteiger partial charge is 0.239 e. The van der Waals surface area contributed by atoms with Gasteiger partial charge in [0.2, 0.25) is 5.91 Å². The average Bonchev–Trinajstić information content (AvgIpc) is 2.65. The Kier molecular flexibility index (Phi) is 6.91. The van der Waals surface area contributed by atoms with Crippen molar-refractivity contribution in [2.24, 2.45) is 4.99 Å². The van der Waals surface area contributed by atoms with Crippen molar-refractivity contribution in [3.8, 4) is 11.5 Å². The second-order valence-electron chi connectivity index (χ2n) is 5.90. The van der Waals surface area contributed by atoms with E-state index in [4.69, 9.17) is 9.47 Å². The maximum absolute atomic E-state index is 11.8. The van der Waals surface area contributed by atoms with E-state index in [1.165, 1.54) is 11.1 Å². The number of nitrogens with zero attached hydrogens (tertiary/aromatic N) is 2. The van der Waals surface area contributed by atoms with Crippen molar-refractivity contribution >= 4 is 11.9 Å².